The average molecular weight is 131 g/mol. The van der Waals surface area contributed by atoms with E-state index in [1.165, 1.54) is 0 Å². The van der Waals surface area contributed by atoms with E-state index >= 15 is 0 Å². The lowest BCUT2D eigenvalue weighted by Gasteiger charge is -1.98. The third kappa shape index (κ3) is 4.99. The summed E-state index contributed by atoms with van der Waals surface area (Å²) >= 11 is 0. The maximum Gasteiger partial charge on any atom is 0.245 e. The van der Waals surface area contributed by atoms with E-state index in [4.69, 9.17) is 5.11 Å². The van der Waals surface area contributed by atoms with Crippen LogP contribution in [0.25, 0.3) is 0 Å². The fourth-order valence-electron chi connectivity index (χ4n) is 0.240. The highest BCUT2D eigenvalue weighted by Crippen LogP contribution is 1.67. The Balaban J connectivity index is 3.07. The van der Waals surface area contributed by atoms with Crippen LogP contribution in [-0.4, -0.2) is 24.5 Å². The predicted molar refractivity (Wildman–Crippen MR) is 31.4 cm³/mol. The van der Waals surface area contributed by atoms with Crippen molar-refractivity contribution >= 4 is 5.91 Å². The molecule has 0 heterocycles. The number of aliphatic hydroxyl groups is 1. The van der Waals surface area contributed by atoms with Gasteiger partial charge in [-0.1, -0.05) is 6.58 Å². The van der Waals surface area contributed by atoms with Crippen LogP contribution in [0.1, 0.15) is 0 Å². The van der Waals surface area contributed by atoms with Crippen molar-refractivity contribution < 1.29 is 14.6 Å². The standard InChI is InChI=1S/C5H9NO3/c1-2-5(8)6-3-9-4-7/h2,7H,1,3-4H2,(H,6,8). The van der Waals surface area contributed by atoms with E-state index in [2.05, 4.69) is 16.6 Å². The van der Waals surface area contributed by atoms with Crippen LogP contribution >= 0.6 is 0 Å². The van der Waals surface area contributed by atoms with Gasteiger partial charge in [0, 0.05) is 0 Å². The van der Waals surface area contributed by atoms with E-state index in [0.29, 0.717) is 0 Å². The molecule has 9 heavy (non-hydrogen) atoms. The molecule has 1 amide bonds. The molecule has 0 aromatic rings. The molecule has 0 radical (unpaired) electrons. The molecule has 0 aromatic heterocycles. The summed E-state index contributed by atoms with van der Waals surface area (Å²) in [5.74, 6) is -0.316. The van der Waals surface area contributed by atoms with Crippen molar-refractivity contribution in [3.05, 3.63) is 12.7 Å². The van der Waals surface area contributed by atoms with Gasteiger partial charge in [0.2, 0.25) is 5.91 Å². The summed E-state index contributed by atoms with van der Waals surface area (Å²) in [6, 6.07) is 0. The van der Waals surface area contributed by atoms with Gasteiger partial charge >= 0.3 is 0 Å². The molecular weight excluding hydrogens is 122 g/mol. The molecule has 0 rings (SSSR count). The molecule has 2 N–H and O–H groups in total. The zero-order valence-corrected chi connectivity index (χ0v) is 4.96. The van der Waals surface area contributed by atoms with Crippen LogP contribution in [0, 0.1) is 0 Å². The van der Waals surface area contributed by atoms with Gasteiger partial charge in [-0.25, -0.2) is 0 Å². The SMILES string of the molecule is C=CC(=O)NCOCO. The molecule has 0 unspecified atom stereocenters. The molecule has 0 aliphatic carbocycles. The zero-order valence-electron chi connectivity index (χ0n) is 4.96. The fraction of sp³-hybridized carbons (Fsp3) is 0.400. The molecule has 0 saturated carbocycles. The third-order valence-corrected chi connectivity index (χ3v) is 0.625. The van der Waals surface area contributed by atoms with Gasteiger partial charge in [-0.15, -0.1) is 0 Å². The van der Waals surface area contributed by atoms with Crippen molar-refractivity contribution in [2.24, 2.45) is 0 Å². The zero-order chi connectivity index (χ0) is 7.11. The molecule has 0 fully saturated rings. The first-order valence-electron chi connectivity index (χ1n) is 2.40. The summed E-state index contributed by atoms with van der Waals surface area (Å²) < 4.78 is 4.38. The molecule has 4 heteroatoms. The van der Waals surface area contributed by atoms with Crippen LogP contribution in [-0.2, 0) is 9.53 Å². The number of hydrogen-bond donors (Lipinski definition) is 2. The van der Waals surface area contributed by atoms with Gasteiger partial charge in [0.05, 0.1) is 0 Å². The number of aliphatic hydroxyl groups excluding tert-OH is 1. The number of rotatable bonds is 4. The van der Waals surface area contributed by atoms with Crippen molar-refractivity contribution in [2.75, 3.05) is 13.5 Å². The monoisotopic (exact) mass is 131 g/mol. The van der Waals surface area contributed by atoms with Crippen molar-refractivity contribution in [1.29, 1.82) is 0 Å². The molecule has 0 spiro atoms. The normalized spacial score (nSPS) is 8.56. The lowest BCUT2D eigenvalue weighted by Crippen LogP contribution is -2.23. The van der Waals surface area contributed by atoms with E-state index in [1.807, 2.05) is 0 Å². The predicted octanol–water partition coefficient (Wildman–Crippen LogP) is -0.788. The second kappa shape index (κ2) is 5.27. The highest BCUT2D eigenvalue weighted by atomic mass is 16.6. The van der Waals surface area contributed by atoms with Crippen LogP contribution in [0.5, 0.6) is 0 Å². The highest BCUT2D eigenvalue weighted by Gasteiger charge is 1.88. The van der Waals surface area contributed by atoms with Crippen molar-refractivity contribution in [3.8, 4) is 0 Å². The van der Waals surface area contributed by atoms with Crippen LogP contribution in [0.15, 0.2) is 12.7 Å². The first-order chi connectivity index (χ1) is 4.31. The van der Waals surface area contributed by atoms with Gasteiger partial charge in [0.25, 0.3) is 0 Å². The summed E-state index contributed by atoms with van der Waals surface area (Å²) in [4.78, 5) is 10.3. The molecule has 0 aliphatic rings. The Hall–Kier alpha value is -0.870. The number of carbonyl (C=O) groups is 1. The molecule has 0 atom stereocenters. The van der Waals surface area contributed by atoms with Gasteiger partial charge < -0.3 is 15.2 Å². The third-order valence-electron chi connectivity index (χ3n) is 0.625. The number of ether oxygens (including phenoxy) is 1. The van der Waals surface area contributed by atoms with Crippen molar-refractivity contribution in [1.82, 2.24) is 5.32 Å². The maximum absolute atomic E-state index is 10.3. The van der Waals surface area contributed by atoms with E-state index in [-0.39, 0.29) is 12.6 Å². The Kier molecular flexibility index (Phi) is 4.76. The van der Waals surface area contributed by atoms with Crippen LogP contribution in [0.3, 0.4) is 0 Å². The van der Waals surface area contributed by atoms with Gasteiger partial charge in [0.1, 0.15) is 13.5 Å². The van der Waals surface area contributed by atoms with Crippen LogP contribution < -0.4 is 5.32 Å². The first-order valence-corrected chi connectivity index (χ1v) is 2.40. The average Bonchev–Trinajstić information content (AvgIpc) is 1.89. The Morgan fingerprint density at radius 3 is 3.00 bits per heavy atom. The minimum Gasteiger partial charge on any atom is -0.371 e. The summed E-state index contributed by atoms with van der Waals surface area (Å²) in [6.45, 7) is 2.83. The van der Waals surface area contributed by atoms with Gasteiger partial charge in [-0.05, 0) is 6.08 Å². The Morgan fingerprint density at radius 2 is 2.56 bits per heavy atom. The second-order valence-corrected chi connectivity index (χ2v) is 1.22. The highest BCUT2D eigenvalue weighted by molar-refractivity contribution is 5.86. The molecule has 4 nitrogen and oxygen atoms in total. The number of hydrogen-bond acceptors (Lipinski definition) is 3. The van der Waals surface area contributed by atoms with E-state index in [0.717, 1.165) is 6.08 Å². The molecule has 0 bridgehead atoms. The lowest BCUT2D eigenvalue weighted by molar-refractivity contribution is -0.119. The first kappa shape index (κ1) is 8.13. The smallest absolute Gasteiger partial charge is 0.245 e. The van der Waals surface area contributed by atoms with E-state index in [9.17, 15) is 4.79 Å². The van der Waals surface area contributed by atoms with Gasteiger partial charge in [-0.2, -0.15) is 0 Å². The van der Waals surface area contributed by atoms with Crippen molar-refractivity contribution in [3.63, 3.8) is 0 Å². The van der Waals surface area contributed by atoms with E-state index < -0.39 is 6.79 Å². The van der Waals surface area contributed by atoms with Gasteiger partial charge in [0.15, 0.2) is 0 Å². The molecule has 0 aliphatic heterocycles. The molecule has 52 valence electrons. The van der Waals surface area contributed by atoms with Crippen LogP contribution in [0.4, 0.5) is 0 Å². The van der Waals surface area contributed by atoms with Crippen molar-refractivity contribution in [2.45, 2.75) is 0 Å². The summed E-state index contributed by atoms with van der Waals surface area (Å²) in [7, 11) is 0. The number of carbonyl (C=O) groups excluding carboxylic acids is 1. The molecule has 0 saturated heterocycles. The quantitative estimate of drug-likeness (QED) is 0.299. The summed E-state index contributed by atoms with van der Waals surface area (Å²) in [6.07, 6.45) is 1.13. The largest absolute Gasteiger partial charge is 0.371 e. The topological polar surface area (TPSA) is 58.6 Å². The summed E-state index contributed by atoms with van der Waals surface area (Å²) in [5.41, 5.74) is 0. The number of amides is 1. The lowest BCUT2D eigenvalue weighted by atomic mass is 10.6. The van der Waals surface area contributed by atoms with E-state index in [1.54, 1.807) is 0 Å². The van der Waals surface area contributed by atoms with Crippen LogP contribution in [0.2, 0.25) is 0 Å². The number of nitrogens with one attached hydrogen (secondary N) is 1. The fourth-order valence-corrected chi connectivity index (χ4v) is 0.240. The Bertz CT molecular complexity index is 102. The minimum atomic E-state index is -0.391. The molecule has 0 aromatic carbocycles. The Morgan fingerprint density at radius 1 is 1.89 bits per heavy atom. The summed E-state index contributed by atoms with van der Waals surface area (Å²) in [5, 5.41) is 10.3. The molecular formula is C5H9NO3. The Labute approximate surface area is 53.1 Å². The van der Waals surface area contributed by atoms with Gasteiger partial charge in [-0.3, -0.25) is 4.79 Å². The minimum absolute atomic E-state index is 0.0152. The second-order valence-electron chi connectivity index (χ2n) is 1.22. The maximum atomic E-state index is 10.3.